The number of amides is 2. The van der Waals surface area contributed by atoms with Crippen LogP contribution >= 0.6 is 11.3 Å². The Bertz CT molecular complexity index is 778. The first-order valence-corrected chi connectivity index (χ1v) is 9.05. The number of primary amides is 1. The quantitative estimate of drug-likeness (QED) is 0.831. The van der Waals surface area contributed by atoms with Crippen molar-refractivity contribution in [3.05, 3.63) is 46.2 Å². The molecule has 1 aliphatic heterocycles. The molecule has 2 heterocycles. The third kappa shape index (κ3) is 4.14. The number of morpholine rings is 1. The summed E-state index contributed by atoms with van der Waals surface area (Å²) in [4.78, 5) is 25.5. The van der Waals surface area contributed by atoms with E-state index in [-0.39, 0.29) is 18.6 Å². The molecule has 3 rings (SSSR count). The summed E-state index contributed by atoms with van der Waals surface area (Å²) in [5.41, 5.74) is 6.65. The van der Waals surface area contributed by atoms with Gasteiger partial charge < -0.3 is 24.8 Å². The molecule has 1 aromatic carbocycles. The molecule has 2 N–H and O–H groups in total. The number of hydrogen-bond donors (Lipinski definition) is 1. The highest BCUT2D eigenvalue weighted by Crippen LogP contribution is 2.30. The number of benzene rings is 1. The second-order valence-electron chi connectivity index (χ2n) is 5.79. The molecule has 0 saturated carbocycles. The van der Waals surface area contributed by atoms with Gasteiger partial charge in [-0.3, -0.25) is 9.59 Å². The highest BCUT2D eigenvalue weighted by Gasteiger charge is 2.27. The number of rotatable bonds is 6. The van der Waals surface area contributed by atoms with Crippen LogP contribution in [0.5, 0.6) is 11.5 Å². The lowest BCUT2D eigenvalue weighted by Gasteiger charge is -2.33. The second-order valence-corrected chi connectivity index (χ2v) is 6.57. The summed E-state index contributed by atoms with van der Waals surface area (Å²) in [6.07, 6.45) is -0.112. The van der Waals surface area contributed by atoms with E-state index in [2.05, 4.69) is 0 Å². The Kier molecular flexibility index (Phi) is 5.75. The van der Waals surface area contributed by atoms with Gasteiger partial charge in [0, 0.05) is 12.1 Å². The zero-order valence-corrected chi connectivity index (χ0v) is 15.2. The van der Waals surface area contributed by atoms with Crippen molar-refractivity contribution in [3.63, 3.8) is 0 Å². The van der Waals surface area contributed by atoms with Gasteiger partial charge in [0.25, 0.3) is 11.8 Å². The van der Waals surface area contributed by atoms with Gasteiger partial charge in [-0.15, -0.1) is 0 Å². The van der Waals surface area contributed by atoms with Crippen LogP contribution in [0.3, 0.4) is 0 Å². The van der Waals surface area contributed by atoms with Gasteiger partial charge in [0.05, 0.1) is 20.3 Å². The lowest BCUT2D eigenvalue weighted by Crippen LogP contribution is -2.42. The predicted octanol–water partition coefficient (Wildman–Crippen LogP) is 1.83. The number of nitrogens with zero attached hydrogens (tertiary/aromatic N) is 1. The standard InChI is InChI=1S/C18H20N2O5S/c1-23-15-8-12(2-3-14(15)25-10-17(19)21)18(22)20-5-6-24-16(9-20)13-4-7-26-11-13/h2-4,7-8,11,16H,5-6,9-10H2,1H3,(H2,19,21). The Morgan fingerprint density at radius 3 is 2.88 bits per heavy atom. The van der Waals surface area contributed by atoms with E-state index in [1.165, 1.54) is 7.11 Å². The number of carbonyl (C=O) groups excluding carboxylic acids is 2. The number of carbonyl (C=O) groups is 2. The van der Waals surface area contributed by atoms with Gasteiger partial charge in [0.15, 0.2) is 18.1 Å². The molecule has 1 unspecified atom stereocenters. The van der Waals surface area contributed by atoms with E-state index in [1.54, 1.807) is 34.4 Å². The molecule has 7 nitrogen and oxygen atoms in total. The van der Waals surface area contributed by atoms with Gasteiger partial charge in [-0.1, -0.05) is 0 Å². The molecule has 1 atom stereocenters. The summed E-state index contributed by atoms with van der Waals surface area (Å²) in [5, 5.41) is 4.03. The number of ether oxygens (including phenoxy) is 3. The maximum Gasteiger partial charge on any atom is 0.255 e. The van der Waals surface area contributed by atoms with E-state index in [0.717, 1.165) is 5.56 Å². The van der Waals surface area contributed by atoms with Crippen LogP contribution in [-0.2, 0) is 9.53 Å². The normalized spacial score (nSPS) is 17.0. The number of hydrogen-bond acceptors (Lipinski definition) is 6. The maximum atomic E-state index is 12.9. The fraction of sp³-hybridized carbons (Fsp3) is 0.333. The van der Waals surface area contributed by atoms with E-state index < -0.39 is 5.91 Å². The first-order valence-electron chi connectivity index (χ1n) is 8.10. The first kappa shape index (κ1) is 18.2. The van der Waals surface area contributed by atoms with E-state index in [1.807, 2.05) is 16.8 Å². The van der Waals surface area contributed by atoms with Crippen molar-refractivity contribution in [3.8, 4) is 11.5 Å². The van der Waals surface area contributed by atoms with Crippen LogP contribution in [-0.4, -0.2) is 50.1 Å². The molecule has 0 aliphatic carbocycles. The summed E-state index contributed by atoms with van der Waals surface area (Å²) in [6, 6.07) is 6.87. The third-order valence-electron chi connectivity index (χ3n) is 4.05. The fourth-order valence-electron chi connectivity index (χ4n) is 2.74. The molecule has 1 aliphatic rings. The summed E-state index contributed by atoms with van der Waals surface area (Å²) < 4.78 is 16.3. The van der Waals surface area contributed by atoms with Crippen LogP contribution in [0.1, 0.15) is 22.0 Å². The smallest absolute Gasteiger partial charge is 0.255 e. The van der Waals surface area contributed by atoms with E-state index in [0.29, 0.717) is 36.8 Å². The Morgan fingerprint density at radius 2 is 2.19 bits per heavy atom. The number of thiophene rings is 1. The van der Waals surface area contributed by atoms with Crippen LogP contribution in [0.15, 0.2) is 35.0 Å². The van der Waals surface area contributed by atoms with Crippen molar-refractivity contribution in [1.82, 2.24) is 4.90 Å². The minimum atomic E-state index is -0.583. The molecule has 2 amide bonds. The lowest BCUT2D eigenvalue weighted by atomic mass is 10.1. The van der Waals surface area contributed by atoms with E-state index >= 15 is 0 Å². The molecular weight excluding hydrogens is 356 g/mol. The molecule has 1 aromatic heterocycles. The average Bonchev–Trinajstić information content (AvgIpc) is 3.20. The lowest BCUT2D eigenvalue weighted by molar-refractivity contribution is -0.119. The van der Waals surface area contributed by atoms with Crippen molar-refractivity contribution in [2.45, 2.75) is 6.10 Å². The zero-order chi connectivity index (χ0) is 18.5. The first-order chi connectivity index (χ1) is 12.6. The molecule has 138 valence electrons. The summed E-state index contributed by atoms with van der Waals surface area (Å²) in [7, 11) is 1.47. The average molecular weight is 376 g/mol. The summed E-state index contributed by atoms with van der Waals surface area (Å²) in [6.45, 7) is 1.26. The fourth-order valence-corrected chi connectivity index (χ4v) is 3.45. The molecule has 1 saturated heterocycles. The van der Waals surface area contributed by atoms with Crippen LogP contribution in [0.2, 0.25) is 0 Å². The second kappa shape index (κ2) is 8.20. The van der Waals surface area contributed by atoms with Gasteiger partial charge in [0.2, 0.25) is 0 Å². The molecule has 2 aromatic rings. The molecule has 0 bridgehead atoms. The predicted molar refractivity (Wildman–Crippen MR) is 96.6 cm³/mol. The molecular formula is C18H20N2O5S. The minimum Gasteiger partial charge on any atom is -0.493 e. The largest absolute Gasteiger partial charge is 0.493 e. The molecule has 0 radical (unpaired) electrons. The Hall–Kier alpha value is -2.58. The molecule has 8 heteroatoms. The Balaban J connectivity index is 1.73. The number of nitrogens with two attached hydrogens (primary N) is 1. The van der Waals surface area contributed by atoms with Crippen LogP contribution < -0.4 is 15.2 Å². The van der Waals surface area contributed by atoms with Crippen molar-refractivity contribution in [2.75, 3.05) is 33.4 Å². The number of methoxy groups -OCH3 is 1. The summed E-state index contributed by atoms with van der Waals surface area (Å²) >= 11 is 1.61. The Morgan fingerprint density at radius 1 is 1.35 bits per heavy atom. The molecule has 1 fully saturated rings. The third-order valence-corrected chi connectivity index (χ3v) is 4.75. The van der Waals surface area contributed by atoms with Crippen LogP contribution in [0.25, 0.3) is 0 Å². The SMILES string of the molecule is COc1cc(C(=O)N2CCOC(c3ccsc3)C2)ccc1OCC(N)=O. The van der Waals surface area contributed by atoms with Crippen LogP contribution in [0.4, 0.5) is 0 Å². The van der Waals surface area contributed by atoms with Gasteiger partial charge in [0.1, 0.15) is 6.10 Å². The highest BCUT2D eigenvalue weighted by molar-refractivity contribution is 7.07. The van der Waals surface area contributed by atoms with Crippen LogP contribution in [0, 0.1) is 0 Å². The van der Waals surface area contributed by atoms with Gasteiger partial charge >= 0.3 is 0 Å². The minimum absolute atomic E-state index is 0.103. The van der Waals surface area contributed by atoms with Gasteiger partial charge in [-0.2, -0.15) is 11.3 Å². The van der Waals surface area contributed by atoms with E-state index in [4.69, 9.17) is 19.9 Å². The van der Waals surface area contributed by atoms with Crippen molar-refractivity contribution >= 4 is 23.2 Å². The Labute approximate surface area is 155 Å². The highest BCUT2D eigenvalue weighted by atomic mass is 32.1. The molecule has 26 heavy (non-hydrogen) atoms. The summed E-state index contributed by atoms with van der Waals surface area (Å²) in [5.74, 6) is 0.0500. The zero-order valence-electron chi connectivity index (χ0n) is 14.3. The van der Waals surface area contributed by atoms with Gasteiger partial charge in [-0.05, 0) is 40.6 Å². The topological polar surface area (TPSA) is 91.1 Å². The van der Waals surface area contributed by atoms with Crippen molar-refractivity contribution < 1.29 is 23.8 Å². The monoisotopic (exact) mass is 376 g/mol. The van der Waals surface area contributed by atoms with E-state index in [9.17, 15) is 9.59 Å². The maximum absolute atomic E-state index is 12.9. The van der Waals surface area contributed by atoms with Crippen molar-refractivity contribution in [2.24, 2.45) is 5.73 Å². The van der Waals surface area contributed by atoms with Gasteiger partial charge in [-0.25, -0.2) is 0 Å². The molecule has 0 spiro atoms. The van der Waals surface area contributed by atoms with Crippen molar-refractivity contribution in [1.29, 1.82) is 0 Å².